The third-order valence-electron chi connectivity index (χ3n) is 2.78. The lowest BCUT2D eigenvalue weighted by atomic mass is 9.96. The highest BCUT2D eigenvalue weighted by atomic mass is 35.5. The van der Waals surface area contributed by atoms with Crippen molar-refractivity contribution < 1.29 is 9.53 Å². The predicted octanol–water partition coefficient (Wildman–Crippen LogP) is 3.19. The number of ether oxygens (including phenoxy) is 1. The largest absolute Gasteiger partial charge is 0.492 e. The Balaban J connectivity index is 2.92. The van der Waals surface area contributed by atoms with Gasteiger partial charge in [0.1, 0.15) is 5.75 Å². The van der Waals surface area contributed by atoms with Gasteiger partial charge < -0.3 is 15.8 Å². The summed E-state index contributed by atoms with van der Waals surface area (Å²) in [5, 5.41) is 3.32. The van der Waals surface area contributed by atoms with E-state index in [0.717, 1.165) is 6.42 Å². The van der Waals surface area contributed by atoms with Crippen LogP contribution < -0.4 is 15.8 Å². The van der Waals surface area contributed by atoms with Crippen LogP contribution in [0.25, 0.3) is 0 Å². The number of hydrogen-bond donors (Lipinski definition) is 2. The van der Waals surface area contributed by atoms with E-state index in [1.165, 1.54) is 0 Å². The maximum Gasteiger partial charge on any atom is 0.244 e. The summed E-state index contributed by atoms with van der Waals surface area (Å²) >= 11 is 5.94. The van der Waals surface area contributed by atoms with Crippen LogP contribution in [0.4, 0.5) is 5.69 Å². The molecule has 19 heavy (non-hydrogen) atoms. The summed E-state index contributed by atoms with van der Waals surface area (Å²) in [6.07, 6.45) is 1.46. The maximum absolute atomic E-state index is 12.2. The van der Waals surface area contributed by atoms with Gasteiger partial charge in [0.05, 0.1) is 17.8 Å². The molecule has 1 unspecified atom stereocenters. The van der Waals surface area contributed by atoms with Gasteiger partial charge in [-0.25, -0.2) is 0 Å². The van der Waals surface area contributed by atoms with Crippen LogP contribution in [0.5, 0.6) is 5.75 Å². The lowest BCUT2D eigenvalue weighted by Gasteiger charge is -2.23. The first-order valence-electron chi connectivity index (χ1n) is 6.43. The quantitative estimate of drug-likeness (QED) is 0.843. The molecule has 0 aliphatic heterocycles. The van der Waals surface area contributed by atoms with Gasteiger partial charge in [-0.1, -0.05) is 24.9 Å². The summed E-state index contributed by atoms with van der Waals surface area (Å²) in [5.41, 5.74) is 5.64. The average Bonchev–Trinajstić information content (AvgIpc) is 2.32. The van der Waals surface area contributed by atoms with Crippen molar-refractivity contribution in [3.05, 3.63) is 23.2 Å². The number of anilines is 1. The van der Waals surface area contributed by atoms with E-state index in [2.05, 4.69) is 5.32 Å². The Kier molecular flexibility index (Phi) is 5.63. The fraction of sp³-hybridized carbons (Fsp3) is 0.500. The van der Waals surface area contributed by atoms with E-state index in [0.29, 0.717) is 29.5 Å². The van der Waals surface area contributed by atoms with Crippen LogP contribution in [0.3, 0.4) is 0 Å². The normalized spacial score (nSPS) is 13.7. The second kappa shape index (κ2) is 6.78. The lowest BCUT2D eigenvalue weighted by molar-refractivity contribution is -0.120. The first-order chi connectivity index (χ1) is 8.90. The minimum Gasteiger partial charge on any atom is -0.492 e. The van der Waals surface area contributed by atoms with E-state index < -0.39 is 5.54 Å². The van der Waals surface area contributed by atoms with Crippen LogP contribution >= 0.6 is 11.6 Å². The molecule has 0 radical (unpaired) electrons. The summed E-state index contributed by atoms with van der Waals surface area (Å²) in [4.78, 5) is 12.2. The molecule has 0 aliphatic carbocycles. The molecule has 0 saturated heterocycles. The maximum atomic E-state index is 12.2. The van der Waals surface area contributed by atoms with E-state index in [1.54, 1.807) is 25.1 Å². The summed E-state index contributed by atoms with van der Waals surface area (Å²) in [6, 6.07) is 5.11. The van der Waals surface area contributed by atoms with E-state index in [-0.39, 0.29) is 5.91 Å². The van der Waals surface area contributed by atoms with Crippen molar-refractivity contribution in [2.24, 2.45) is 5.73 Å². The molecule has 1 aromatic rings. The molecule has 0 spiro atoms. The number of halogens is 1. The van der Waals surface area contributed by atoms with E-state index in [1.807, 2.05) is 13.8 Å². The smallest absolute Gasteiger partial charge is 0.244 e. The molecule has 0 fully saturated rings. The van der Waals surface area contributed by atoms with Crippen molar-refractivity contribution in [3.8, 4) is 5.75 Å². The van der Waals surface area contributed by atoms with Crippen molar-refractivity contribution in [2.45, 2.75) is 39.2 Å². The predicted molar refractivity (Wildman–Crippen MR) is 78.8 cm³/mol. The second-order valence-corrected chi connectivity index (χ2v) is 5.13. The number of nitrogens with one attached hydrogen (secondary N) is 1. The van der Waals surface area contributed by atoms with Gasteiger partial charge in [0.25, 0.3) is 0 Å². The molecule has 0 heterocycles. The van der Waals surface area contributed by atoms with Gasteiger partial charge in [-0.3, -0.25) is 4.79 Å². The molecule has 0 aromatic heterocycles. The van der Waals surface area contributed by atoms with E-state index in [4.69, 9.17) is 22.1 Å². The third kappa shape index (κ3) is 4.40. The fourth-order valence-corrected chi connectivity index (χ4v) is 1.95. The van der Waals surface area contributed by atoms with Crippen LogP contribution in [-0.4, -0.2) is 18.1 Å². The Morgan fingerprint density at radius 1 is 1.47 bits per heavy atom. The number of nitrogens with two attached hydrogens (primary N) is 1. The first kappa shape index (κ1) is 15.8. The number of amides is 1. The van der Waals surface area contributed by atoms with Gasteiger partial charge in [-0.05, 0) is 38.5 Å². The molecule has 1 rings (SSSR count). The Morgan fingerprint density at radius 3 is 2.74 bits per heavy atom. The van der Waals surface area contributed by atoms with Gasteiger partial charge in [0.15, 0.2) is 0 Å². The van der Waals surface area contributed by atoms with E-state index >= 15 is 0 Å². The third-order valence-corrected chi connectivity index (χ3v) is 3.01. The zero-order valence-electron chi connectivity index (χ0n) is 11.6. The zero-order chi connectivity index (χ0) is 14.5. The van der Waals surface area contributed by atoms with Gasteiger partial charge in [-0.15, -0.1) is 0 Å². The number of benzene rings is 1. The molecule has 0 aliphatic rings. The van der Waals surface area contributed by atoms with Crippen molar-refractivity contribution in [3.63, 3.8) is 0 Å². The highest BCUT2D eigenvalue weighted by Gasteiger charge is 2.27. The fourth-order valence-electron chi connectivity index (χ4n) is 1.78. The van der Waals surface area contributed by atoms with Gasteiger partial charge in [0, 0.05) is 5.02 Å². The second-order valence-electron chi connectivity index (χ2n) is 4.70. The number of rotatable bonds is 6. The molecule has 4 nitrogen and oxygen atoms in total. The number of carbonyl (C=O) groups is 1. The monoisotopic (exact) mass is 284 g/mol. The zero-order valence-corrected chi connectivity index (χ0v) is 12.4. The number of hydrogen-bond acceptors (Lipinski definition) is 3. The first-order valence-corrected chi connectivity index (χ1v) is 6.81. The van der Waals surface area contributed by atoms with Crippen LogP contribution in [-0.2, 0) is 4.79 Å². The SMILES string of the molecule is CCCC(C)(N)C(=O)Nc1cc(Cl)ccc1OCC. The molecule has 1 amide bonds. The van der Waals surface area contributed by atoms with Gasteiger partial charge in [0.2, 0.25) is 5.91 Å². The molecular formula is C14H21ClN2O2. The van der Waals surface area contributed by atoms with Crippen LogP contribution in [0.2, 0.25) is 5.02 Å². The topological polar surface area (TPSA) is 64.4 Å². The molecule has 0 bridgehead atoms. The molecule has 0 saturated carbocycles. The minimum atomic E-state index is -0.902. The van der Waals surface area contributed by atoms with Gasteiger partial charge >= 0.3 is 0 Å². The molecule has 3 N–H and O–H groups in total. The van der Waals surface area contributed by atoms with Crippen molar-refractivity contribution >= 4 is 23.2 Å². The van der Waals surface area contributed by atoms with Crippen molar-refractivity contribution in [1.29, 1.82) is 0 Å². The highest BCUT2D eigenvalue weighted by Crippen LogP contribution is 2.29. The summed E-state index contributed by atoms with van der Waals surface area (Å²) < 4.78 is 5.45. The molecular weight excluding hydrogens is 264 g/mol. The highest BCUT2D eigenvalue weighted by molar-refractivity contribution is 6.31. The average molecular weight is 285 g/mol. The van der Waals surface area contributed by atoms with Crippen LogP contribution in [0, 0.1) is 0 Å². The Bertz CT molecular complexity index is 447. The number of carbonyl (C=O) groups excluding carboxylic acids is 1. The van der Waals surface area contributed by atoms with Crippen LogP contribution in [0.15, 0.2) is 18.2 Å². The molecule has 1 atom stereocenters. The Labute approximate surface area is 119 Å². The van der Waals surface area contributed by atoms with Gasteiger partial charge in [-0.2, -0.15) is 0 Å². The summed E-state index contributed by atoms with van der Waals surface area (Å²) in [6.45, 7) is 6.10. The van der Waals surface area contributed by atoms with Crippen molar-refractivity contribution in [1.82, 2.24) is 0 Å². The minimum absolute atomic E-state index is 0.238. The summed E-state index contributed by atoms with van der Waals surface area (Å²) in [7, 11) is 0. The lowest BCUT2D eigenvalue weighted by Crippen LogP contribution is -2.48. The van der Waals surface area contributed by atoms with Crippen molar-refractivity contribution in [2.75, 3.05) is 11.9 Å². The Morgan fingerprint density at radius 2 is 2.16 bits per heavy atom. The molecule has 1 aromatic carbocycles. The summed E-state index contributed by atoms with van der Waals surface area (Å²) in [5.74, 6) is 0.352. The van der Waals surface area contributed by atoms with Crippen LogP contribution in [0.1, 0.15) is 33.6 Å². The standard InChI is InChI=1S/C14H21ClN2O2/c1-4-8-14(3,16)13(18)17-11-9-10(15)6-7-12(11)19-5-2/h6-7,9H,4-5,8,16H2,1-3H3,(H,17,18). The molecule has 5 heteroatoms. The Hall–Kier alpha value is -1.26. The van der Waals surface area contributed by atoms with E-state index in [9.17, 15) is 4.79 Å². The molecule has 106 valence electrons.